The number of carboxylic acids is 1. The van der Waals surface area contributed by atoms with E-state index in [1.165, 1.54) is 0 Å². The van der Waals surface area contributed by atoms with Crippen LogP contribution in [0.3, 0.4) is 0 Å². The van der Waals surface area contributed by atoms with Gasteiger partial charge in [-0.1, -0.05) is 57.0 Å². The number of aromatic amines is 1. The van der Waals surface area contributed by atoms with Gasteiger partial charge in [-0.3, -0.25) is 4.79 Å². The molecule has 4 heteroatoms. The molecule has 0 saturated heterocycles. The molecule has 4 nitrogen and oxygen atoms in total. The number of hydrogen-bond donors (Lipinski definition) is 2. The van der Waals surface area contributed by atoms with Crippen molar-refractivity contribution in [2.45, 2.75) is 39.5 Å². The lowest BCUT2D eigenvalue weighted by atomic mass is 9.96. The first kappa shape index (κ1) is 17.9. The number of fused-ring (bicyclic) bond motifs is 1. The lowest BCUT2D eigenvalue weighted by Gasteiger charge is -2.13. The Kier molecular flexibility index (Phi) is 5.21. The Morgan fingerprint density at radius 2 is 1.69 bits per heavy atom. The van der Waals surface area contributed by atoms with Crippen LogP contribution >= 0.6 is 0 Å². The maximum absolute atomic E-state index is 13.2. The Hall–Kier alpha value is -2.88. The van der Waals surface area contributed by atoms with E-state index in [1.54, 1.807) is 6.07 Å². The molecule has 0 radical (unpaired) electrons. The fourth-order valence-corrected chi connectivity index (χ4v) is 3.43. The van der Waals surface area contributed by atoms with E-state index in [4.69, 9.17) is 0 Å². The third-order valence-electron chi connectivity index (χ3n) is 4.63. The van der Waals surface area contributed by atoms with E-state index in [0.29, 0.717) is 17.3 Å². The Bertz CT molecular complexity index is 1000. The summed E-state index contributed by atoms with van der Waals surface area (Å²) in [4.78, 5) is 28.3. The van der Waals surface area contributed by atoms with Crippen molar-refractivity contribution in [2.24, 2.45) is 0 Å². The van der Waals surface area contributed by atoms with Gasteiger partial charge < -0.3 is 10.1 Å². The average molecular weight is 349 g/mol. The van der Waals surface area contributed by atoms with E-state index in [1.807, 2.05) is 43.3 Å². The van der Waals surface area contributed by atoms with Crippen LogP contribution in [0, 0.1) is 0 Å². The number of benzene rings is 2. The summed E-state index contributed by atoms with van der Waals surface area (Å²) in [5.74, 6) is -1.03. The quantitative estimate of drug-likeness (QED) is 0.671. The van der Waals surface area contributed by atoms with Gasteiger partial charge in [0, 0.05) is 16.6 Å². The van der Waals surface area contributed by atoms with Gasteiger partial charge >= 0.3 is 5.97 Å². The van der Waals surface area contributed by atoms with Crippen molar-refractivity contribution < 1.29 is 9.90 Å². The predicted molar refractivity (Wildman–Crippen MR) is 105 cm³/mol. The molecule has 1 aromatic heterocycles. The van der Waals surface area contributed by atoms with Gasteiger partial charge in [0.15, 0.2) is 5.43 Å². The summed E-state index contributed by atoms with van der Waals surface area (Å²) < 4.78 is 0. The summed E-state index contributed by atoms with van der Waals surface area (Å²) in [6, 6.07) is 13.0. The molecule has 26 heavy (non-hydrogen) atoms. The molecule has 0 saturated carbocycles. The summed E-state index contributed by atoms with van der Waals surface area (Å²) in [7, 11) is 0. The van der Waals surface area contributed by atoms with Gasteiger partial charge in [0.25, 0.3) is 0 Å². The summed E-state index contributed by atoms with van der Waals surface area (Å²) in [6.07, 6.45) is 3.19. The molecule has 134 valence electrons. The molecule has 3 rings (SSSR count). The number of aromatic nitrogens is 1. The van der Waals surface area contributed by atoms with Crippen molar-refractivity contribution >= 4 is 16.9 Å². The van der Waals surface area contributed by atoms with Crippen molar-refractivity contribution in [1.82, 2.24) is 4.98 Å². The molecule has 0 bridgehead atoms. The summed E-state index contributed by atoms with van der Waals surface area (Å²) in [6.45, 7) is 4.09. The predicted octanol–water partition coefficient (Wildman–Crippen LogP) is 4.80. The van der Waals surface area contributed by atoms with Crippen molar-refractivity contribution in [3.8, 4) is 11.1 Å². The van der Waals surface area contributed by atoms with E-state index in [9.17, 15) is 14.7 Å². The number of carboxylic acid groups (broad SMARTS) is 1. The van der Waals surface area contributed by atoms with E-state index < -0.39 is 5.97 Å². The Morgan fingerprint density at radius 1 is 1.00 bits per heavy atom. The number of pyridine rings is 1. The smallest absolute Gasteiger partial charge is 0.337 e. The standard InChI is InChI=1S/C22H23NO3/c1-3-8-16-19(9-4-2)23-20-17(21(16)24)12-15(13-18(20)22(25)26)14-10-6-5-7-11-14/h5-7,10-13H,3-4,8-9H2,1-2H3,(H,23,24)(H,25,26). The molecule has 0 aliphatic rings. The van der Waals surface area contributed by atoms with Gasteiger partial charge in [0.05, 0.1) is 11.1 Å². The maximum atomic E-state index is 13.2. The fourth-order valence-electron chi connectivity index (χ4n) is 3.43. The Balaban J connectivity index is 2.37. The average Bonchev–Trinajstić information content (AvgIpc) is 2.65. The Labute approximate surface area is 152 Å². The minimum atomic E-state index is -1.03. The zero-order chi connectivity index (χ0) is 18.7. The number of hydrogen-bond acceptors (Lipinski definition) is 2. The first-order valence-electron chi connectivity index (χ1n) is 9.07. The normalized spacial score (nSPS) is 11.0. The van der Waals surface area contributed by atoms with Crippen LogP contribution in [0.4, 0.5) is 0 Å². The highest BCUT2D eigenvalue weighted by atomic mass is 16.4. The first-order chi connectivity index (χ1) is 12.6. The highest BCUT2D eigenvalue weighted by molar-refractivity contribution is 6.04. The van der Waals surface area contributed by atoms with Crippen LogP contribution in [-0.4, -0.2) is 16.1 Å². The molecular formula is C22H23NO3. The molecule has 2 aromatic carbocycles. The molecule has 0 spiro atoms. The number of aromatic carboxylic acids is 1. The highest BCUT2D eigenvalue weighted by Crippen LogP contribution is 2.27. The van der Waals surface area contributed by atoms with Gasteiger partial charge in [0.2, 0.25) is 0 Å². The lowest BCUT2D eigenvalue weighted by Crippen LogP contribution is -2.17. The number of aryl methyl sites for hydroxylation is 1. The van der Waals surface area contributed by atoms with Crippen LogP contribution in [0.25, 0.3) is 22.0 Å². The molecule has 0 amide bonds. The molecule has 0 unspecified atom stereocenters. The number of H-pyrrole nitrogens is 1. The van der Waals surface area contributed by atoms with Gasteiger partial charge in [-0.15, -0.1) is 0 Å². The number of carbonyl (C=O) groups is 1. The monoisotopic (exact) mass is 349 g/mol. The van der Waals surface area contributed by atoms with Crippen molar-refractivity contribution in [2.75, 3.05) is 0 Å². The van der Waals surface area contributed by atoms with Gasteiger partial charge in [-0.25, -0.2) is 4.79 Å². The zero-order valence-electron chi connectivity index (χ0n) is 15.1. The van der Waals surface area contributed by atoms with Crippen molar-refractivity contribution in [3.63, 3.8) is 0 Å². The van der Waals surface area contributed by atoms with Gasteiger partial charge in [0.1, 0.15) is 0 Å². The zero-order valence-corrected chi connectivity index (χ0v) is 15.1. The topological polar surface area (TPSA) is 70.2 Å². The van der Waals surface area contributed by atoms with Gasteiger partial charge in [-0.2, -0.15) is 0 Å². The summed E-state index contributed by atoms with van der Waals surface area (Å²) >= 11 is 0. The maximum Gasteiger partial charge on any atom is 0.337 e. The van der Waals surface area contributed by atoms with Crippen LogP contribution in [0.5, 0.6) is 0 Å². The van der Waals surface area contributed by atoms with E-state index in [0.717, 1.165) is 41.6 Å². The minimum absolute atomic E-state index is 0.0515. The van der Waals surface area contributed by atoms with Crippen molar-refractivity contribution in [1.29, 1.82) is 0 Å². The number of rotatable bonds is 6. The van der Waals surface area contributed by atoms with Crippen molar-refractivity contribution in [3.05, 3.63) is 69.5 Å². The number of nitrogens with one attached hydrogen (secondary N) is 1. The van der Waals surface area contributed by atoms with Gasteiger partial charge in [-0.05, 0) is 36.1 Å². The Morgan fingerprint density at radius 3 is 2.31 bits per heavy atom. The highest BCUT2D eigenvalue weighted by Gasteiger charge is 2.18. The van der Waals surface area contributed by atoms with Crippen LogP contribution < -0.4 is 5.43 Å². The molecule has 0 aliphatic heterocycles. The molecule has 0 aliphatic carbocycles. The molecule has 1 heterocycles. The molecule has 0 fully saturated rings. The lowest BCUT2D eigenvalue weighted by molar-refractivity contribution is 0.0699. The molecule has 2 N–H and O–H groups in total. The first-order valence-corrected chi connectivity index (χ1v) is 9.07. The molecule has 3 aromatic rings. The van der Waals surface area contributed by atoms with Crippen LogP contribution in [-0.2, 0) is 12.8 Å². The minimum Gasteiger partial charge on any atom is -0.478 e. The molecule has 0 atom stereocenters. The van der Waals surface area contributed by atoms with Crippen LogP contribution in [0.1, 0.15) is 48.3 Å². The van der Waals surface area contributed by atoms with Crippen LogP contribution in [0.2, 0.25) is 0 Å². The third-order valence-corrected chi connectivity index (χ3v) is 4.63. The van der Waals surface area contributed by atoms with E-state index in [2.05, 4.69) is 11.9 Å². The SMILES string of the molecule is CCCc1[nH]c2c(C(=O)O)cc(-c3ccccc3)cc2c(=O)c1CCC. The summed E-state index contributed by atoms with van der Waals surface area (Å²) in [5.41, 5.74) is 3.79. The molecular weight excluding hydrogens is 326 g/mol. The van der Waals surface area contributed by atoms with E-state index in [-0.39, 0.29) is 11.0 Å². The second kappa shape index (κ2) is 7.56. The largest absolute Gasteiger partial charge is 0.478 e. The van der Waals surface area contributed by atoms with Crippen LogP contribution in [0.15, 0.2) is 47.3 Å². The third kappa shape index (κ3) is 3.27. The second-order valence-corrected chi connectivity index (χ2v) is 6.53. The summed E-state index contributed by atoms with van der Waals surface area (Å²) in [5, 5.41) is 10.2. The van der Waals surface area contributed by atoms with E-state index >= 15 is 0 Å². The second-order valence-electron chi connectivity index (χ2n) is 6.53. The fraction of sp³-hybridized carbons (Fsp3) is 0.273.